The molecule has 0 radical (unpaired) electrons. The zero-order valence-corrected chi connectivity index (χ0v) is 11.7. The number of aryl methyl sites for hydroxylation is 2. The Morgan fingerprint density at radius 2 is 2.16 bits per heavy atom. The third kappa shape index (κ3) is 1.53. The third-order valence-electron chi connectivity index (χ3n) is 5.22. The Kier molecular flexibility index (Phi) is 2.49. The standard InChI is InChI=1S/C17H22N2/c1-18-12-17(8-4-9-17)15-11-19-10-3-6-13-5-2-7-14(15)16(13)19/h2,5,7,11,18H,3-4,6,8-10,12H2,1H3. The van der Waals surface area contributed by atoms with E-state index in [1.807, 2.05) is 0 Å². The van der Waals surface area contributed by atoms with Crippen molar-refractivity contribution in [2.24, 2.45) is 0 Å². The van der Waals surface area contributed by atoms with Crippen LogP contribution in [0.4, 0.5) is 0 Å². The van der Waals surface area contributed by atoms with Gasteiger partial charge in [-0.05, 0) is 43.9 Å². The monoisotopic (exact) mass is 254 g/mol. The molecule has 100 valence electrons. The van der Waals surface area contributed by atoms with Gasteiger partial charge >= 0.3 is 0 Å². The molecule has 2 aliphatic rings. The van der Waals surface area contributed by atoms with Crippen molar-refractivity contribution < 1.29 is 0 Å². The Balaban J connectivity index is 1.94. The maximum Gasteiger partial charge on any atom is 0.0515 e. The minimum atomic E-state index is 0.404. The lowest BCUT2D eigenvalue weighted by molar-refractivity contribution is 0.240. The molecule has 2 heteroatoms. The summed E-state index contributed by atoms with van der Waals surface area (Å²) in [5, 5.41) is 4.94. The summed E-state index contributed by atoms with van der Waals surface area (Å²) in [4.78, 5) is 0. The molecule has 0 bridgehead atoms. The highest BCUT2D eigenvalue weighted by molar-refractivity contribution is 5.88. The summed E-state index contributed by atoms with van der Waals surface area (Å²) in [5.41, 5.74) is 5.08. The number of nitrogens with one attached hydrogen (secondary N) is 1. The van der Waals surface area contributed by atoms with Crippen LogP contribution < -0.4 is 5.32 Å². The van der Waals surface area contributed by atoms with Gasteiger partial charge in [0.05, 0.1) is 5.52 Å². The second-order valence-electron chi connectivity index (χ2n) is 6.32. The number of likely N-dealkylation sites (N-methyl/N-ethyl adjacent to an activating group) is 1. The second-order valence-corrected chi connectivity index (χ2v) is 6.32. The molecule has 1 aromatic heterocycles. The van der Waals surface area contributed by atoms with Crippen LogP contribution in [0.3, 0.4) is 0 Å². The van der Waals surface area contributed by atoms with Crippen molar-refractivity contribution in [2.75, 3.05) is 13.6 Å². The van der Waals surface area contributed by atoms with Crippen LogP contribution in [0.2, 0.25) is 0 Å². The van der Waals surface area contributed by atoms with Crippen molar-refractivity contribution in [2.45, 2.75) is 44.1 Å². The van der Waals surface area contributed by atoms with E-state index in [9.17, 15) is 0 Å². The number of rotatable bonds is 3. The number of benzene rings is 1. The summed E-state index contributed by atoms with van der Waals surface area (Å²) in [6.45, 7) is 2.32. The minimum Gasteiger partial charge on any atom is -0.347 e. The van der Waals surface area contributed by atoms with Crippen molar-refractivity contribution in [3.63, 3.8) is 0 Å². The number of aromatic nitrogens is 1. The zero-order chi connectivity index (χ0) is 12.9. The molecule has 0 spiro atoms. The van der Waals surface area contributed by atoms with Crippen LogP contribution >= 0.6 is 0 Å². The molecular formula is C17H22N2. The fraction of sp³-hybridized carbons (Fsp3) is 0.529. The van der Waals surface area contributed by atoms with E-state index in [4.69, 9.17) is 0 Å². The molecular weight excluding hydrogens is 232 g/mol. The summed E-state index contributed by atoms with van der Waals surface area (Å²) in [5.74, 6) is 0. The first-order valence-electron chi connectivity index (χ1n) is 7.60. The molecule has 1 N–H and O–H groups in total. The van der Waals surface area contributed by atoms with E-state index in [-0.39, 0.29) is 0 Å². The SMILES string of the molecule is CNCC1(c2cn3c4c(cccc24)CCC3)CCC1. The molecule has 4 rings (SSSR count). The van der Waals surface area contributed by atoms with Crippen LogP contribution in [0.15, 0.2) is 24.4 Å². The van der Waals surface area contributed by atoms with E-state index in [0.29, 0.717) is 5.41 Å². The Bertz CT molecular complexity index is 619. The Morgan fingerprint density at radius 3 is 2.89 bits per heavy atom. The smallest absolute Gasteiger partial charge is 0.0515 e. The van der Waals surface area contributed by atoms with Crippen LogP contribution in [0.5, 0.6) is 0 Å². The van der Waals surface area contributed by atoms with Gasteiger partial charge in [-0.2, -0.15) is 0 Å². The quantitative estimate of drug-likeness (QED) is 0.890. The molecule has 1 saturated carbocycles. The molecule has 0 saturated heterocycles. The molecule has 0 atom stereocenters. The van der Waals surface area contributed by atoms with Crippen LogP contribution in [-0.2, 0) is 18.4 Å². The van der Waals surface area contributed by atoms with Crippen LogP contribution in [0, 0.1) is 0 Å². The average Bonchev–Trinajstić information content (AvgIpc) is 2.76. The zero-order valence-electron chi connectivity index (χ0n) is 11.7. The van der Waals surface area contributed by atoms with Crippen LogP contribution in [0.25, 0.3) is 10.9 Å². The number of nitrogens with zero attached hydrogens (tertiary/aromatic N) is 1. The first kappa shape index (κ1) is 11.5. The van der Waals surface area contributed by atoms with Gasteiger partial charge in [-0.1, -0.05) is 24.6 Å². The molecule has 1 aliphatic heterocycles. The summed E-state index contributed by atoms with van der Waals surface area (Å²) < 4.78 is 2.51. The summed E-state index contributed by atoms with van der Waals surface area (Å²) >= 11 is 0. The van der Waals surface area contributed by atoms with Crippen molar-refractivity contribution >= 4 is 10.9 Å². The molecule has 2 nitrogen and oxygen atoms in total. The Hall–Kier alpha value is -1.28. The van der Waals surface area contributed by atoms with Gasteiger partial charge < -0.3 is 9.88 Å². The Labute approximate surface area is 114 Å². The molecule has 1 fully saturated rings. The van der Waals surface area contributed by atoms with Gasteiger partial charge in [0.25, 0.3) is 0 Å². The van der Waals surface area contributed by atoms with Crippen molar-refractivity contribution in [1.82, 2.24) is 9.88 Å². The molecule has 0 amide bonds. The number of hydrogen-bond donors (Lipinski definition) is 1. The molecule has 2 heterocycles. The maximum atomic E-state index is 3.42. The molecule has 1 aliphatic carbocycles. The topological polar surface area (TPSA) is 17.0 Å². The minimum absolute atomic E-state index is 0.404. The summed E-state index contributed by atoms with van der Waals surface area (Å²) in [6, 6.07) is 6.90. The number of hydrogen-bond acceptors (Lipinski definition) is 1. The average molecular weight is 254 g/mol. The summed E-state index contributed by atoms with van der Waals surface area (Å²) in [6.07, 6.45) is 9.07. The molecule has 19 heavy (non-hydrogen) atoms. The maximum absolute atomic E-state index is 3.42. The highest BCUT2D eigenvalue weighted by Crippen LogP contribution is 2.47. The molecule has 2 aromatic rings. The lowest BCUT2D eigenvalue weighted by Gasteiger charge is -2.42. The normalized spacial score (nSPS) is 20.5. The highest BCUT2D eigenvalue weighted by atomic mass is 15.0. The Morgan fingerprint density at radius 1 is 1.26 bits per heavy atom. The highest BCUT2D eigenvalue weighted by Gasteiger charge is 2.40. The third-order valence-corrected chi connectivity index (χ3v) is 5.22. The lowest BCUT2D eigenvalue weighted by atomic mass is 9.64. The van der Waals surface area contributed by atoms with Gasteiger partial charge in [0.15, 0.2) is 0 Å². The van der Waals surface area contributed by atoms with Crippen LogP contribution in [0.1, 0.15) is 36.8 Å². The van der Waals surface area contributed by atoms with E-state index in [0.717, 1.165) is 6.54 Å². The van der Waals surface area contributed by atoms with E-state index in [1.54, 1.807) is 11.1 Å². The van der Waals surface area contributed by atoms with Crippen molar-refractivity contribution in [3.8, 4) is 0 Å². The van der Waals surface area contributed by atoms with Gasteiger partial charge in [0.2, 0.25) is 0 Å². The summed E-state index contributed by atoms with van der Waals surface area (Å²) in [7, 11) is 2.09. The fourth-order valence-corrected chi connectivity index (χ4v) is 4.16. The first-order chi connectivity index (χ1) is 9.34. The van der Waals surface area contributed by atoms with Gasteiger partial charge in [-0.25, -0.2) is 0 Å². The predicted molar refractivity (Wildman–Crippen MR) is 79.7 cm³/mol. The van der Waals surface area contributed by atoms with E-state index < -0.39 is 0 Å². The van der Waals surface area contributed by atoms with Gasteiger partial charge in [-0.15, -0.1) is 0 Å². The first-order valence-corrected chi connectivity index (χ1v) is 7.60. The van der Waals surface area contributed by atoms with E-state index >= 15 is 0 Å². The fourth-order valence-electron chi connectivity index (χ4n) is 4.16. The second kappa shape index (κ2) is 4.11. The lowest BCUT2D eigenvalue weighted by Crippen LogP contribution is -2.42. The van der Waals surface area contributed by atoms with E-state index in [1.165, 1.54) is 49.6 Å². The van der Waals surface area contributed by atoms with E-state index in [2.05, 4.69) is 41.3 Å². The largest absolute Gasteiger partial charge is 0.347 e. The molecule has 1 aromatic carbocycles. The van der Waals surface area contributed by atoms with Gasteiger partial charge in [-0.3, -0.25) is 0 Å². The van der Waals surface area contributed by atoms with Crippen molar-refractivity contribution in [3.05, 3.63) is 35.5 Å². The molecule has 0 unspecified atom stereocenters. The number of para-hydroxylation sites is 1. The van der Waals surface area contributed by atoms with Crippen molar-refractivity contribution in [1.29, 1.82) is 0 Å². The van der Waals surface area contributed by atoms with Crippen LogP contribution in [-0.4, -0.2) is 18.2 Å². The predicted octanol–water partition coefficient (Wildman–Crippen LogP) is 3.23. The van der Waals surface area contributed by atoms with Gasteiger partial charge in [0.1, 0.15) is 0 Å². The van der Waals surface area contributed by atoms with Gasteiger partial charge in [0, 0.05) is 30.1 Å².